The van der Waals surface area contributed by atoms with Crippen LogP contribution >= 0.6 is 11.3 Å². The molecule has 19 nitrogen and oxygen atoms in total. The lowest BCUT2D eigenvalue weighted by Gasteiger charge is -2.36. The average Bonchev–Trinajstić information content (AvgIpc) is 3.30. The molecule has 3 aromatic carbocycles. The summed E-state index contributed by atoms with van der Waals surface area (Å²) in [6.45, 7) is 14.5. The molecule has 0 aliphatic carbocycles. The van der Waals surface area contributed by atoms with Gasteiger partial charge in [-0.3, -0.25) is 19.5 Å². The molecule has 0 spiro atoms. The van der Waals surface area contributed by atoms with Gasteiger partial charge in [-0.1, -0.05) is 86.6 Å². The molecular formula is C64H75FN12O7S. The molecule has 13 rings (SSSR count). The van der Waals surface area contributed by atoms with E-state index in [0.717, 1.165) is 108 Å². The van der Waals surface area contributed by atoms with Crippen LogP contribution in [-0.4, -0.2) is 164 Å². The lowest BCUT2D eigenvalue weighted by Crippen LogP contribution is -2.51. The van der Waals surface area contributed by atoms with E-state index >= 15 is 4.39 Å². The number of aliphatic hydroxyl groups is 1. The van der Waals surface area contributed by atoms with Gasteiger partial charge in [0.2, 0.25) is 11.8 Å². The van der Waals surface area contributed by atoms with Gasteiger partial charge >= 0.3 is 12.1 Å². The van der Waals surface area contributed by atoms with Gasteiger partial charge < -0.3 is 49.3 Å². The molecule has 6 aliphatic heterocycles. The van der Waals surface area contributed by atoms with E-state index in [2.05, 4.69) is 55.7 Å². The summed E-state index contributed by atoms with van der Waals surface area (Å²) < 4.78 is 36.0. The molecule has 21 heteroatoms. The van der Waals surface area contributed by atoms with E-state index < -0.39 is 23.9 Å². The number of thiazole rings is 1. The number of pyridine rings is 1. The molecule has 4 aromatic heterocycles. The van der Waals surface area contributed by atoms with Crippen LogP contribution in [-0.2, 0) is 20.7 Å². The number of hydrogen-bond donors (Lipinski definition) is 3. The molecule has 10 heterocycles. The number of likely N-dealkylation sites (tertiary alicyclic amines) is 1. The summed E-state index contributed by atoms with van der Waals surface area (Å²) in [5, 5.41) is 24.6. The largest absolute Gasteiger partial charge is 0.461 e. The van der Waals surface area contributed by atoms with Gasteiger partial charge in [-0.15, -0.1) is 11.3 Å². The monoisotopic (exact) mass is 1170 g/mol. The maximum atomic E-state index is 17.3. The van der Waals surface area contributed by atoms with E-state index in [1.165, 1.54) is 4.90 Å². The van der Waals surface area contributed by atoms with Crippen LogP contribution in [0.3, 0.4) is 0 Å². The van der Waals surface area contributed by atoms with Crippen LogP contribution < -0.4 is 25.2 Å². The molecule has 7 aromatic rings. The molecule has 0 radical (unpaired) electrons. The first-order valence-corrected chi connectivity index (χ1v) is 31.3. The van der Waals surface area contributed by atoms with Crippen molar-refractivity contribution in [1.82, 2.24) is 50.4 Å². The van der Waals surface area contributed by atoms with Crippen molar-refractivity contribution in [1.29, 1.82) is 0 Å². The Morgan fingerprint density at radius 2 is 1.71 bits per heavy atom. The van der Waals surface area contributed by atoms with E-state index in [-0.39, 0.29) is 78.2 Å². The number of hydrogen-bond acceptors (Lipinski definition) is 17. The molecule has 2 bridgehead atoms. The zero-order valence-corrected chi connectivity index (χ0v) is 49.8. The molecule has 8 atom stereocenters. The number of ether oxygens (including phenoxy) is 2. The van der Waals surface area contributed by atoms with Crippen LogP contribution in [0.2, 0.25) is 0 Å². The first-order valence-electron chi connectivity index (χ1n) is 30.4. The second-order valence-electron chi connectivity index (χ2n) is 24.6. The average molecular weight is 1180 g/mol. The van der Waals surface area contributed by atoms with Gasteiger partial charge in [0.05, 0.1) is 39.2 Å². The van der Waals surface area contributed by atoms with Crippen LogP contribution in [0.25, 0.3) is 43.4 Å². The fourth-order valence-corrected chi connectivity index (χ4v) is 15.3. The molecule has 0 saturated carbocycles. The third-order valence-corrected chi connectivity index (χ3v) is 19.9. The summed E-state index contributed by atoms with van der Waals surface area (Å²) in [5.74, 6) is -0.517. The van der Waals surface area contributed by atoms with Gasteiger partial charge in [0, 0.05) is 88.2 Å². The number of aryl methyl sites for hydroxylation is 2. The van der Waals surface area contributed by atoms with Gasteiger partial charge in [0.15, 0.2) is 17.4 Å². The van der Waals surface area contributed by atoms with E-state index in [9.17, 15) is 19.5 Å². The van der Waals surface area contributed by atoms with Crippen molar-refractivity contribution in [3.8, 4) is 27.7 Å². The number of piperazine rings is 2. The number of carbonyl (C=O) groups is 3. The molecular weight excluding hydrogens is 1100 g/mol. The minimum Gasteiger partial charge on any atom is -0.461 e. The van der Waals surface area contributed by atoms with Crippen LogP contribution in [0.4, 0.5) is 20.8 Å². The summed E-state index contributed by atoms with van der Waals surface area (Å²) in [7, 11) is 0. The Bertz CT molecular complexity index is 3610. The van der Waals surface area contributed by atoms with E-state index in [1.807, 2.05) is 80.6 Å². The lowest BCUT2D eigenvalue weighted by molar-refractivity contribution is -0.141. The van der Waals surface area contributed by atoms with E-state index in [0.29, 0.717) is 67.7 Å². The maximum absolute atomic E-state index is 17.3. The number of benzene rings is 3. The van der Waals surface area contributed by atoms with Gasteiger partial charge in [0.1, 0.15) is 42.2 Å². The first-order chi connectivity index (χ1) is 41.2. The molecule has 2 unspecified atom stereocenters. The van der Waals surface area contributed by atoms with Crippen molar-refractivity contribution in [2.75, 3.05) is 75.4 Å². The van der Waals surface area contributed by atoms with Crippen molar-refractivity contribution in [3.63, 3.8) is 0 Å². The number of anilines is 2. The number of halogens is 1. The highest BCUT2D eigenvalue weighted by molar-refractivity contribution is 7.13. The SMILES string of the molecule is CCc1cccc2cccc(-c3ncc4c(N5CC6CCC(C5)N6)nc(OC[C@@]56CCCN5[C@H](COC(=O)N5CCN(c7cc([C@H](C(=O)N8C[C@H](O)C[C@H]8C(=O)N[C@@H](C)c8ccc(-c9scnc9C)cc8)C(C)C)on7)CC5)CC6)nc4c3F)c12. The first kappa shape index (κ1) is 56.8. The number of β-amino-alcohol motifs (C(OH)–C–C–N with tert-alkyl or cyclic N) is 1. The van der Waals surface area contributed by atoms with Gasteiger partial charge in [-0.25, -0.2) is 14.2 Å². The predicted molar refractivity (Wildman–Crippen MR) is 323 cm³/mol. The third-order valence-electron chi connectivity index (χ3n) is 18.9. The Kier molecular flexibility index (Phi) is 15.7. The van der Waals surface area contributed by atoms with Crippen molar-refractivity contribution in [2.24, 2.45) is 5.92 Å². The number of aliphatic hydroxyl groups excluding tert-OH is 1. The number of carbonyl (C=O) groups excluding carboxylic acids is 3. The highest BCUT2D eigenvalue weighted by Gasteiger charge is 2.51. The summed E-state index contributed by atoms with van der Waals surface area (Å²) in [5.41, 5.74) is 6.77. The van der Waals surface area contributed by atoms with Crippen LogP contribution in [0.5, 0.6) is 6.01 Å². The highest BCUT2D eigenvalue weighted by atomic mass is 32.1. The van der Waals surface area contributed by atoms with E-state index in [4.69, 9.17) is 28.9 Å². The number of amides is 3. The zero-order chi connectivity index (χ0) is 58.7. The summed E-state index contributed by atoms with van der Waals surface area (Å²) in [6, 6.07) is 21.5. The summed E-state index contributed by atoms with van der Waals surface area (Å²) in [4.78, 5) is 72.2. The molecule has 6 fully saturated rings. The molecule has 6 saturated heterocycles. The predicted octanol–water partition coefficient (Wildman–Crippen LogP) is 8.82. The topological polar surface area (TPSA) is 208 Å². The molecule has 6 aliphatic rings. The normalized spacial score (nSPS) is 24.0. The third kappa shape index (κ3) is 10.9. The number of fused-ring (bicyclic) bond motifs is 5. The van der Waals surface area contributed by atoms with Gasteiger partial charge in [-0.05, 0) is 98.7 Å². The van der Waals surface area contributed by atoms with Crippen molar-refractivity contribution in [3.05, 3.63) is 107 Å². The van der Waals surface area contributed by atoms with Crippen molar-refractivity contribution >= 4 is 62.6 Å². The number of nitrogens with zero attached hydrogens (tertiary/aromatic N) is 10. The Morgan fingerprint density at radius 3 is 2.45 bits per heavy atom. The summed E-state index contributed by atoms with van der Waals surface area (Å²) >= 11 is 1.58. The second-order valence-corrected chi connectivity index (χ2v) is 25.5. The number of rotatable bonds is 16. The Labute approximate surface area is 498 Å². The highest BCUT2D eigenvalue weighted by Crippen LogP contribution is 2.44. The smallest absolute Gasteiger partial charge is 0.409 e. The lowest BCUT2D eigenvalue weighted by atomic mass is 9.91. The standard InChI is InChI=1S/C64H75FN12O7S/c1-6-40-10-7-11-42-12-8-13-48(54(40)42)56-55(65)57-49(30-66-56)59(75-31-44-18-19-45(32-75)69-44)71-62(70-57)83-35-64-21-9-23-77(64)46(20-22-64)34-82-63(81)74-26-24-73(25-27-74)52-29-51(84-72-52)53(37(2)3)61(80)76-33-47(78)28-50(76)60(79)68-38(4)41-14-16-43(17-15-41)58-39(5)67-36-85-58/h7-8,10-17,29-30,36-38,44-47,50,53,69,78H,6,9,18-28,31-35H2,1-5H3,(H,68,79)/t38-,44?,45?,46-,47+,50-,53+,64-/m0/s1. The van der Waals surface area contributed by atoms with E-state index in [1.54, 1.807) is 28.5 Å². The van der Waals surface area contributed by atoms with Crippen LogP contribution in [0, 0.1) is 18.7 Å². The second kappa shape index (κ2) is 23.5. The Hall–Kier alpha value is -7.33. The van der Waals surface area contributed by atoms with Crippen LogP contribution in [0.15, 0.2) is 83.0 Å². The fourth-order valence-electron chi connectivity index (χ4n) is 14.5. The molecule has 3 amide bonds. The van der Waals surface area contributed by atoms with Gasteiger partial charge in [-0.2, -0.15) is 9.97 Å². The van der Waals surface area contributed by atoms with Crippen LogP contribution in [0.1, 0.15) is 107 Å². The minimum absolute atomic E-state index is 0.00495. The number of nitrogens with one attached hydrogen (secondary N) is 2. The summed E-state index contributed by atoms with van der Waals surface area (Å²) in [6.07, 6.45) is 7.16. The molecule has 446 valence electrons. The molecule has 3 N–H and O–H groups in total. The number of aromatic nitrogens is 5. The quantitative estimate of drug-likeness (QED) is 0.0826. The zero-order valence-electron chi connectivity index (χ0n) is 49.0. The molecule has 85 heavy (non-hydrogen) atoms. The van der Waals surface area contributed by atoms with Crippen molar-refractivity contribution < 1.29 is 37.9 Å². The maximum Gasteiger partial charge on any atom is 0.409 e. The Morgan fingerprint density at radius 1 is 0.929 bits per heavy atom. The minimum atomic E-state index is -0.859. The fraction of sp³-hybridized carbons (Fsp3) is 0.500. The van der Waals surface area contributed by atoms with Crippen molar-refractivity contribution in [2.45, 2.75) is 134 Å². The van der Waals surface area contributed by atoms with Gasteiger partial charge in [0.25, 0.3) is 0 Å². The Balaban J connectivity index is 0.630.